The van der Waals surface area contributed by atoms with Gasteiger partial charge in [-0.3, -0.25) is 9.59 Å². The van der Waals surface area contributed by atoms with Crippen molar-refractivity contribution < 1.29 is 18.0 Å². The van der Waals surface area contributed by atoms with E-state index in [9.17, 15) is 18.0 Å². The van der Waals surface area contributed by atoms with Crippen LogP contribution in [0, 0.1) is 5.92 Å². The Morgan fingerprint density at radius 1 is 0.853 bits per heavy atom. The number of hydrogen-bond donors (Lipinski definition) is 2. The fraction of sp³-hybridized carbons (Fsp3) is 0.231. The summed E-state index contributed by atoms with van der Waals surface area (Å²) in [5.74, 6) is -2.48. The van der Waals surface area contributed by atoms with Crippen molar-refractivity contribution in [3.05, 3.63) is 84.4 Å². The summed E-state index contributed by atoms with van der Waals surface area (Å²) in [6.45, 7) is 4.44. The monoisotopic (exact) mass is 479 g/mol. The highest BCUT2D eigenvalue weighted by Crippen LogP contribution is 2.22. The van der Waals surface area contributed by atoms with E-state index < -0.39 is 27.8 Å². The lowest BCUT2D eigenvalue weighted by Crippen LogP contribution is -2.46. The third-order valence-electron chi connectivity index (χ3n) is 5.62. The van der Waals surface area contributed by atoms with Gasteiger partial charge in [-0.2, -0.15) is 0 Å². The van der Waals surface area contributed by atoms with Gasteiger partial charge in [0.25, 0.3) is 10.0 Å². The Balaban J connectivity index is 1.83. The highest BCUT2D eigenvalue weighted by atomic mass is 32.2. The van der Waals surface area contributed by atoms with Crippen molar-refractivity contribution in [3.63, 3.8) is 0 Å². The first kappa shape index (κ1) is 25.0. The number of carbonyl (C=O) groups is 2. The molecule has 0 spiro atoms. The van der Waals surface area contributed by atoms with Crippen molar-refractivity contribution >= 4 is 27.5 Å². The van der Waals surface area contributed by atoms with Crippen LogP contribution in [0.3, 0.4) is 0 Å². The lowest BCUT2D eigenvalue weighted by molar-refractivity contribution is -0.141. The Morgan fingerprint density at radius 2 is 1.41 bits per heavy atom. The zero-order valence-corrected chi connectivity index (χ0v) is 20.1. The maximum absolute atomic E-state index is 13.1. The summed E-state index contributed by atoms with van der Waals surface area (Å²) >= 11 is 0. The van der Waals surface area contributed by atoms with Crippen LogP contribution in [0.2, 0.25) is 0 Å². The molecule has 0 saturated carbocycles. The normalized spacial score (nSPS) is 12.1. The number of benzene rings is 3. The van der Waals surface area contributed by atoms with Crippen LogP contribution in [0.25, 0.3) is 11.1 Å². The summed E-state index contributed by atoms with van der Waals surface area (Å²) in [5.41, 5.74) is 8.79. The van der Waals surface area contributed by atoms with Gasteiger partial charge in [-0.05, 0) is 61.2 Å². The number of amides is 2. The van der Waals surface area contributed by atoms with E-state index in [0.717, 1.165) is 11.1 Å². The van der Waals surface area contributed by atoms with Gasteiger partial charge in [0.2, 0.25) is 11.8 Å². The van der Waals surface area contributed by atoms with Gasteiger partial charge < -0.3 is 10.6 Å². The Labute approximate surface area is 200 Å². The third-order valence-corrected chi connectivity index (χ3v) is 6.98. The second-order valence-electron chi connectivity index (χ2n) is 7.87. The molecule has 1 unspecified atom stereocenters. The average molecular weight is 480 g/mol. The molecule has 0 aliphatic carbocycles. The predicted molar refractivity (Wildman–Crippen MR) is 133 cm³/mol. The van der Waals surface area contributed by atoms with Crippen molar-refractivity contribution in [1.82, 2.24) is 9.62 Å². The van der Waals surface area contributed by atoms with Crippen molar-refractivity contribution in [2.75, 3.05) is 18.8 Å². The second kappa shape index (κ2) is 11.0. The number of rotatable bonds is 9. The van der Waals surface area contributed by atoms with Gasteiger partial charge >= 0.3 is 0 Å². The molecule has 3 N–H and O–H groups in total. The molecule has 0 aromatic heterocycles. The lowest BCUT2D eigenvalue weighted by Gasteiger charge is -2.24. The minimum atomic E-state index is -4.17. The number of nitrogen functional groups attached to an aromatic ring is 1. The maximum Gasteiger partial charge on any atom is 0.264 e. The molecule has 3 aromatic rings. The van der Waals surface area contributed by atoms with Crippen molar-refractivity contribution in [2.24, 2.45) is 5.92 Å². The molecular weight excluding hydrogens is 450 g/mol. The number of nitrogens with one attached hydrogen (secondary N) is 1. The van der Waals surface area contributed by atoms with Crippen LogP contribution in [0.15, 0.2) is 83.8 Å². The van der Waals surface area contributed by atoms with Crippen LogP contribution in [0.4, 0.5) is 5.69 Å². The first-order chi connectivity index (χ1) is 16.2. The van der Waals surface area contributed by atoms with Crippen molar-refractivity contribution in [2.45, 2.75) is 25.2 Å². The summed E-state index contributed by atoms with van der Waals surface area (Å²) in [6, 6.07) is 22.6. The molecule has 0 heterocycles. The molecule has 0 radical (unpaired) electrons. The fourth-order valence-corrected chi connectivity index (χ4v) is 4.68. The van der Waals surface area contributed by atoms with E-state index in [-0.39, 0.29) is 11.3 Å². The van der Waals surface area contributed by atoms with E-state index >= 15 is 0 Å². The molecular formula is C26H29N3O4S. The van der Waals surface area contributed by atoms with E-state index in [0.29, 0.717) is 24.3 Å². The molecule has 2 amide bonds. The first-order valence-corrected chi connectivity index (χ1v) is 12.6. The summed E-state index contributed by atoms with van der Waals surface area (Å²) in [4.78, 5) is 27.7. The predicted octanol–water partition coefficient (Wildman–Crippen LogP) is 3.47. The zero-order chi connectivity index (χ0) is 24.7. The van der Waals surface area contributed by atoms with Crippen LogP contribution in [0.1, 0.15) is 19.4 Å². The third kappa shape index (κ3) is 6.02. The molecule has 0 aliphatic rings. The van der Waals surface area contributed by atoms with E-state index in [2.05, 4.69) is 4.72 Å². The number of carbonyl (C=O) groups excluding carboxylic acids is 2. The first-order valence-electron chi connectivity index (χ1n) is 11.1. The molecule has 3 aromatic carbocycles. The maximum atomic E-state index is 13.1. The molecule has 0 bridgehead atoms. The molecule has 0 fully saturated rings. The summed E-state index contributed by atoms with van der Waals surface area (Å²) in [7, 11) is -4.17. The Morgan fingerprint density at radius 3 is 1.97 bits per heavy atom. The molecule has 34 heavy (non-hydrogen) atoms. The molecule has 8 heteroatoms. The lowest BCUT2D eigenvalue weighted by atomic mass is 9.97. The summed E-state index contributed by atoms with van der Waals surface area (Å²) < 4.78 is 28.0. The topological polar surface area (TPSA) is 110 Å². The largest absolute Gasteiger partial charge is 0.399 e. The van der Waals surface area contributed by atoms with Crippen LogP contribution >= 0.6 is 0 Å². The van der Waals surface area contributed by atoms with Crippen molar-refractivity contribution in [1.29, 1.82) is 0 Å². The number of nitrogens with two attached hydrogens (primary N) is 1. The summed E-state index contributed by atoms with van der Waals surface area (Å²) in [5, 5.41) is 0. The van der Waals surface area contributed by atoms with E-state index in [1.54, 1.807) is 36.4 Å². The molecule has 7 nitrogen and oxygen atoms in total. The number of nitrogens with zero attached hydrogens (tertiary/aromatic N) is 1. The SMILES string of the molecule is CCN(CC)C(=O)C(Cc1ccc(N)cc1)C(=O)NS(=O)(=O)c1ccc(-c2ccccc2)cc1. The molecule has 0 saturated heterocycles. The Kier molecular flexibility index (Phi) is 8.07. The van der Waals surface area contributed by atoms with Crippen LogP contribution in [-0.4, -0.2) is 38.2 Å². The quantitative estimate of drug-likeness (QED) is 0.361. The van der Waals surface area contributed by atoms with Gasteiger partial charge in [0, 0.05) is 18.8 Å². The molecule has 1 atom stereocenters. The van der Waals surface area contributed by atoms with Crippen LogP contribution in [0.5, 0.6) is 0 Å². The number of sulfonamides is 1. The van der Waals surface area contributed by atoms with Crippen LogP contribution < -0.4 is 10.5 Å². The highest BCUT2D eigenvalue weighted by Gasteiger charge is 2.32. The van der Waals surface area contributed by atoms with Gasteiger partial charge in [0.15, 0.2) is 0 Å². The minimum Gasteiger partial charge on any atom is -0.399 e. The second-order valence-corrected chi connectivity index (χ2v) is 9.55. The van der Waals surface area contributed by atoms with E-state index in [1.807, 2.05) is 44.2 Å². The van der Waals surface area contributed by atoms with Gasteiger partial charge in [-0.15, -0.1) is 0 Å². The van der Waals surface area contributed by atoms with Gasteiger partial charge in [-0.1, -0.05) is 54.6 Å². The molecule has 178 valence electrons. The number of anilines is 1. The van der Waals surface area contributed by atoms with E-state index in [4.69, 9.17) is 5.73 Å². The number of hydrogen-bond acceptors (Lipinski definition) is 5. The van der Waals surface area contributed by atoms with Gasteiger partial charge in [0.05, 0.1) is 4.90 Å². The van der Waals surface area contributed by atoms with Crippen molar-refractivity contribution in [3.8, 4) is 11.1 Å². The molecule has 0 aliphatic heterocycles. The average Bonchev–Trinajstić information content (AvgIpc) is 2.84. The Bertz CT molecular complexity index is 1220. The van der Waals surface area contributed by atoms with Crippen LogP contribution in [-0.2, 0) is 26.0 Å². The Hall–Kier alpha value is -3.65. The van der Waals surface area contributed by atoms with Gasteiger partial charge in [-0.25, -0.2) is 13.1 Å². The zero-order valence-electron chi connectivity index (χ0n) is 19.3. The van der Waals surface area contributed by atoms with Gasteiger partial charge in [0.1, 0.15) is 5.92 Å². The van der Waals surface area contributed by atoms with E-state index in [1.165, 1.54) is 17.0 Å². The minimum absolute atomic E-state index is 0.0537. The standard InChI is InChI=1S/C26H29N3O4S/c1-3-29(4-2)26(31)24(18-19-10-14-22(27)15-11-19)25(30)28-34(32,33)23-16-12-21(13-17-23)20-8-6-5-7-9-20/h5-17,24H,3-4,18,27H2,1-2H3,(H,28,30). The molecule has 3 rings (SSSR count). The highest BCUT2D eigenvalue weighted by molar-refractivity contribution is 7.90. The summed E-state index contributed by atoms with van der Waals surface area (Å²) in [6.07, 6.45) is 0.0594. The fourth-order valence-electron chi connectivity index (χ4n) is 3.66. The smallest absolute Gasteiger partial charge is 0.264 e.